The first-order chi connectivity index (χ1) is 18.5. The summed E-state index contributed by atoms with van der Waals surface area (Å²) in [6.45, 7) is 2.09. The Balaban J connectivity index is 1.38. The summed E-state index contributed by atoms with van der Waals surface area (Å²) in [5, 5.41) is 7.64. The summed E-state index contributed by atoms with van der Waals surface area (Å²) >= 11 is 0. The molecule has 1 aliphatic heterocycles. The molecule has 2 aromatic carbocycles. The molecule has 0 spiro atoms. The number of para-hydroxylation sites is 1. The number of hydrogen-bond acceptors (Lipinski definition) is 8. The third-order valence-electron chi connectivity index (χ3n) is 6.38. The minimum atomic E-state index is -0.136. The molecule has 10 heteroatoms. The number of carbonyl (C=O) groups excluding carboxylic acids is 1. The van der Waals surface area contributed by atoms with Crippen molar-refractivity contribution in [2.75, 3.05) is 39.5 Å². The van der Waals surface area contributed by atoms with Crippen LogP contribution in [0.4, 0.5) is 5.82 Å². The highest BCUT2D eigenvalue weighted by Gasteiger charge is 2.27. The fourth-order valence-electron chi connectivity index (χ4n) is 4.58. The molecular weight excluding hydrogens is 480 g/mol. The molecule has 10 nitrogen and oxygen atoms in total. The Morgan fingerprint density at radius 3 is 2.66 bits per heavy atom. The van der Waals surface area contributed by atoms with Crippen LogP contribution in [0.1, 0.15) is 18.9 Å². The van der Waals surface area contributed by atoms with E-state index < -0.39 is 0 Å². The zero-order chi connectivity index (χ0) is 26.5. The van der Waals surface area contributed by atoms with Crippen molar-refractivity contribution in [2.45, 2.75) is 18.9 Å². The van der Waals surface area contributed by atoms with Gasteiger partial charge in [0.25, 0.3) is 5.91 Å². The summed E-state index contributed by atoms with van der Waals surface area (Å²) in [7, 11) is 3.92. The summed E-state index contributed by atoms with van der Waals surface area (Å²) in [4.78, 5) is 23.2. The third-order valence-corrected chi connectivity index (χ3v) is 6.38. The van der Waals surface area contributed by atoms with E-state index in [0.29, 0.717) is 24.6 Å². The van der Waals surface area contributed by atoms with Crippen LogP contribution in [-0.2, 0) is 4.79 Å². The molecule has 3 heterocycles. The van der Waals surface area contributed by atoms with Gasteiger partial charge in [0.05, 0.1) is 11.4 Å². The summed E-state index contributed by atoms with van der Waals surface area (Å²) in [6, 6.07) is 17.4. The maximum atomic E-state index is 12.4. The molecule has 1 aliphatic rings. The van der Waals surface area contributed by atoms with Gasteiger partial charge in [-0.3, -0.25) is 10.2 Å². The molecule has 4 aromatic rings. The van der Waals surface area contributed by atoms with Gasteiger partial charge in [0.1, 0.15) is 29.3 Å². The smallest absolute Gasteiger partial charge is 0.258 e. The second kappa shape index (κ2) is 11.4. The number of rotatable bonds is 8. The predicted molar refractivity (Wildman–Crippen MR) is 147 cm³/mol. The van der Waals surface area contributed by atoms with Crippen molar-refractivity contribution in [3.63, 3.8) is 0 Å². The molecule has 1 saturated heterocycles. The molecule has 1 unspecified atom stereocenters. The van der Waals surface area contributed by atoms with E-state index in [4.69, 9.17) is 15.6 Å². The number of amides is 1. The molecular formula is C28H32N8O2. The van der Waals surface area contributed by atoms with Crippen molar-refractivity contribution in [1.82, 2.24) is 35.1 Å². The van der Waals surface area contributed by atoms with E-state index >= 15 is 0 Å². The Morgan fingerprint density at radius 1 is 1.13 bits per heavy atom. The maximum absolute atomic E-state index is 12.4. The van der Waals surface area contributed by atoms with Gasteiger partial charge in [-0.2, -0.15) is 5.10 Å². The molecule has 0 bridgehead atoms. The van der Waals surface area contributed by atoms with E-state index in [1.54, 1.807) is 6.08 Å². The standard InChI is InChI=1S/C28H32N8O2/c1-34(2)16-7-11-24(37)32-35-17-6-8-21(18-35)36-28-25(27(29)30-19-31-28)26(33-36)20-12-14-23(15-13-20)38-22-9-4-3-5-10-22/h3-5,7,9-15,19,21H,6,8,16-18H2,1-2H3,(H,32,37)(H2,29,30,31)/b11-7+. The Hall–Kier alpha value is -4.28. The quantitative estimate of drug-likeness (QED) is 0.344. The molecule has 1 atom stereocenters. The van der Waals surface area contributed by atoms with Gasteiger partial charge in [0, 0.05) is 31.3 Å². The zero-order valence-electron chi connectivity index (χ0n) is 21.6. The summed E-state index contributed by atoms with van der Waals surface area (Å²) in [5.41, 5.74) is 11.6. The number of anilines is 1. The van der Waals surface area contributed by atoms with Crippen molar-refractivity contribution < 1.29 is 9.53 Å². The molecule has 1 fully saturated rings. The Morgan fingerprint density at radius 2 is 1.89 bits per heavy atom. The molecule has 196 valence electrons. The summed E-state index contributed by atoms with van der Waals surface area (Å²) in [5.74, 6) is 1.75. The topological polar surface area (TPSA) is 114 Å². The fraction of sp³-hybridized carbons (Fsp3) is 0.286. The summed E-state index contributed by atoms with van der Waals surface area (Å²) in [6.07, 6.45) is 6.71. The van der Waals surface area contributed by atoms with Crippen LogP contribution in [0.2, 0.25) is 0 Å². The number of benzene rings is 2. The molecule has 0 aliphatic carbocycles. The third kappa shape index (κ3) is 5.82. The van der Waals surface area contributed by atoms with Crippen LogP contribution >= 0.6 is 0 Å². The van der Waals surface area contributed by atoms with Crippen molar-refractivity contribution in [3.05, 3.63) is 73.1 Å². The van der Waals surface area contributed by atoms with Crippen LogP contribution in [0.5, 0.6) is 11.5 Å². The van der Waals surface area contributed by atoms with E-state index in [0.717, 1.165) is 47.5 Å². The number of likely N-dealkylation sites (N-methyl/N-ethyl adjacent to an activating group) is 1. The van der Waals surface area contributed by atoms with Crippen LogP contribution in [0, 0.1) is 0 Å². The molecule has 1 amide bonds. The molecule has 38 heavy (non-hydrogen) atoms. The number of nitrogens with one attached hydrogen (secondary N) is 1. The molecule has 0 radical (unpaired) electrons. The number of aromatic nitrogens is 4. The van der Waals surface area contributed by atoms with E-state index in [2.05, 4.69) is 15.4 Å². The zero-order valence-corrected chi connectivity index (χ0v) is 21.6. The number of nitrogens with two attached hydrogens (primary N) is 1. The van der Waals surface area contributed by atoms with Crippen LogP contribution in [0.25, 0.3) is 22.3 Å². The van der Waals surface area contributed by atoms with Gasteiger partial charge >= 0.3 is 0 Å². The number of nitrogens with zero attached hydrogens (tertiary/aromatic N) is 6. The monoisotopic (exact) mass is 512 g/mol. The largest absolute Gasteiger partial charge is 0.457 e. The van der Waals surface area contributed by atoms with E-state index in [1.807, 2.05) is 89.4 Å². The number of ether oxygens (including phenoxy) is 1. The van der Waals surface area contributed by atoms with Crippen LogP contribution in [0.15, 0.2) is 73.1 Å². The second-order valence-corrected chi connectivity index (χ2v) is 9.57. The van der Waals surface area contributed by atoms with Crippen molar-refractivity contribution in [2.24, 2.45) is 0 Å². The number of hydrogen-bond donors (Lipinski definition) is 2. The van der Waals surface area contributed by atoms with Gasteiger partial charge < -0.3 is 15.4 Å². The Bertz CT molecular complexity index is 1420. The number of fused-ring (bicyclic) bond motifs is 1. The van der Waals surface area contributed by atoms with Crippen molar-refractivity contribution >= 4 is 22.8 Å². The number of nitrogen functional groups attached to an aromatic ring is 1. The van der Waals surface area contributed by atoms with Gasteiger partial charge in [-0.05, 0) is 63.3 Å². The second-order valence-electron chi connectivity index (χ2n) is 9.57. The lowest BCUT2D eigenvalue weighted by Crippen LogP contribution is -2.47. The van der Waals surface area contributed by atoms with Gasteiger partial charge in [-0.25, -0.2) is 19.7 Å². The van der Waals surface area contributed by atoms with Crippen molar-refractivity contribution in [1.29, 1.82) is 0 Å². The first-order valence-corrected chi connectivity index (χ1v) is 12.7. The van der Waals surface area contributed by atoms with Gasteiger partial charge in [-0.15, -0.1) is 0 Å². The van der Waals surface area contributed by atoms with Crippen LogP contribution < -0.4 is 15.9 Å². The first-order valence-electron chi connectivity index (χ1n) is 12.7. The normalized spacial score (nSPS) is 16.3. The highest BCUT2D eigenvalue weighted by Crippen LogP contribution is 2.34. The van der Waals surface area contributed by atoms with Crippen LogP contribution in [0.3, 0.4) is 0 Å². The predicted octanol–water partition coefficient (Wildman–Crippen LogP) is 3.65. The average molecular weight is 513 g/mol. The van der Waals surface area contributed by atoms with E-state index in [-0.39, 0.29) is 11.9 Å². The number of hydrazine groups is 1. The molecule has 3 N–H and O–H groups in total. The first kappa shape index (κ1) is 25.4. The average Bonchev–Trinajstić information content (AvgIpc) is 3.31. The van der Waals surface area contributed by atoms with Crippen LogP contribution in [-0.4, -0.2) is 69.3 Å². The van der Waals surface area contributed by atoms with Gasteiger partial charge in [-0.1, -0.05) is 24.3 Å². The minimum absolute atomic E-state index is 0.0149. The number of carbonyl (C=O) groups is 1. The Kier molecular flexibility index (Phi) is 7.62. The van der Waals surface area contributed by atoms with Crippen molar-refractivity contribution in [3.8, 4) is 22.8 Å². The maximum Gasteiger partial charge on any atom is 0.258 e. The molecule has 0 saturated carbocycles. The number of piperidine rings is 1. The lowest BCUT2D eigenvalue weighted by Gasteiger charge is -2.32. The lowest BCUT2D eigenvalue weighted by atomic mass is 10.1. The fourth-order valence-corrected chi connectivity index (χ4v) is 4.58. The molecule has 2 aromatic heterocycles. The summed E-state index contributed by atoms with van der Waals surface area (Å²) < 4.78 is 7.87. The minimum Gasteiger partial charge on any atom is -0.457 e. The lowest BCUT2D eigenvalue weighted by molar-refractivity contribution is -0.121. The van der Waals surface area contributed by atoms with E-state index in [1.165, 1.54) is 6.33 Å². The van der Waals surface area contributed by atoms with E-state index in [9.17, 15) is 4.79 Å². The SMILES string of the molecule is CN(C)C/C=C/C(=O)NN1CCCC(n2nc(-c3ccc(Oc4ccccc4)cc3)c3c(N)ncnc32)C1. The van der Waals surface area contributed by atoms with Gasteiger partial charge in [0.2, 0.25) is 0 Å². The highest BCUT2D eigenvalue weighted by molar-refractivity contribution is 5.98. The van der Waals surface area contributed by atoms with Gasteiger partial charge in [0.15, 0.2) is 5.65 Å². The molecule has 5 rings (SSSR count). The highest BCUT2D eigenvalue weighted by atomic mass is 16.5. The Labute approximate surface area is 221 Å².